The molecule has 9 heteroatoms. The number of benzene rings is 1. The van der Waals surface area contributed by atoms with Gasteiger partial charge in [0.05, 0.1) is 23.8 Å². The van der Waals surface area contributed by atoms with Crippen molar-refractivity contribution >= 4 is 11.8 Å². The Morgan fingerprint density at radius 1 is 1.27 bits per heavy atom. The first kappa shape index (κ1) is 20.2. The van der Waals surface area contributed by atoms with Crippen molar-refractivity contribution < 1.29 is 18.7 Å². The van der Waals surface area contributed by atoms with Gasteiger partial charge in [0, 0.05) is 32.2 Å². The molecular weight excluding hydrogens is 391 g/mol. The van der Waals surface area contributed by atoms with Gasteiger partial charge in [0.25, 0.3) is 11.5 Å². The molecule has 2 aliphatic heterocycles. The molecule has 0 aliphatic carbocycles. The molecule has 1 aromatic heterocycles. The topological polar surface area (TPSA) is 95.6 Å². The highest BCUT2D eigenvalue weighted by Crippen LogP contribution is 2.30. The van der Waals surface area contributed by atoms with Crippen LogP contribution in [-0.2, 0) is 22.5 Å². The lowest BCUT2D eigenvalue weighted by Crippen LogP contribution is -2.41. The van der Waals surface area contributed by atoms with Crippen molar-refractivity contribution in [2.45, 2.75) is 31.8 Å². The fraction of sp³-hybridized carbons (Fsp3) is 0.429. The van der Waals surface area contributed by atoms with Crippen LogP contribution in [0.3, 0.4) is 0 Å². The minimum absolute atomic E-state index is 0.00781. The molecule has 2 amide bonds. The summed E-state index contributed by atoms with van der Waals surface area (Å²) in [5.41, 5.74) is 1.19. The molecule has 0 unspecified atom stereocenters. The summed E-state index contributed by atoms with van der Waals surface area (Å²) in [5, 5.41) is 0. The molecule has 30 heavy (non-hydrogen) atoms. The first-order chi connectivity index (χ1) is 14.5. The van der Waals surface area contributed by atoms with E-state index in [9.17, 15) is 18.8 Å². The van der Waals surface area contributed by atoms with Gasteiger partial charge in [-0.05, 0) is 37.1 Å². The number of hydrogen-bond donors (Lipinski definition) is 1. The third-order valence-electron chi connectivity index (χ3n) is 5.62. The van der Waals surface area contributed by atoms with E-state index in [-0.39, 0.29) is 36.6 Å². The molecule has 3 heterocycles. The maximum Gasteiger partial charge on any atom is 0.256 e. The summed E-state index contributed by atoms with van der Waals surface area (Å²) in [7, 11) is 1.47. The van der Waals surface area contributed by atoms with Crippen LogP contribution < -0.4 is 5.56 Å². The third kappa shape index (κ3) is 3.85. The van der Waals surface area contributed by atoms with E-state index in [0.717, 1.165) is 12.8 Å². The maximum atomic E-state index is 13.1. The Morgan fingerprint density at radius 3 is 2.77 bits per heavy atom. The van der Waals surface area contributed by atoms with E-state index in [1.165, 1.54) is 31.4 Å². The summed E-state index contributed by atoms with van der Waals surface area (Å²) >= 11 is 0. The lowest BCUT2D eigenvalue weighted by atomic mass is 10.0. The Morgan fingerprint density at radius 2 is 2.03 bits per heavy atom. The van der Waals surface area contributed by atoms with Crippen molar-refractivity contribution in [2.24, 2.45) is 0 Å². The zero-order valence-electron chi connectivity index (χ0n) is 16.7. The number of aromatic amines is 1. The van der Waals surface area contributed by atoms with Crippen LogP contribution in [0.2, 0.25) is 0 Å². The molecule has 8 nitrogen and oxygen atoms in total. The Balaban J connectivity index is 1.55. The average Bonchev–Trinajstić information content (AvgIpc) is 3.24. The van der Waals surface area contributed by atoms with Crippen LogP contribution in [0, 0.1) is 5.82 Å². The first-order valence-corrected chi connectivity index (χ1v) is 9.93. The summed E-state index contributed by atoms with van der Waals surface area (Å²) in [6.07, 6.45) is 2.01. The highest BCUT2D eigenvalue weighted by atomic mass is 19.1. The standard InChI is InChI=1S/C21H23FN4O4/c1-30-12-18(27)26-9-2-3-17(26)19-23-16-8-10-25(11-15(16)20(28)24-19)21(29)13-4-6-14(22)7-5-13/h4-7,17H,2-3,8-12H2,1H3,(H,23,24,28)/t17-/m0/s1. The summed E-state index contributed by atoms with van der Waals surface area (Å²) < 4.78 is 18.1. The molecule has 4 rings (SSSR count). The van der Waals surface area contributed by atoms with Crippen LogP contribution in [-0.4, -0.2) is 58.4 Å². The number of ether oxygens (including phenoxy) is 1. The van der Waals surface area contributed by atoms with E-state index in [2.05, 4.69) is 9.97 Å². The molecule has 0 radical (unpaired) electrons. The Bertz CT molecular complexity index is 1020. The van der Waals surface area contributed by atoms with E-state index in [1.807, 2.05) is 0 Å². The maximum absolute atomic E-state index is 13.1. The molecule has 0 spiro atoms. The molecular formula is C21H23FN4O4. The lowest BCUT2D eigenvalue weighted by molar-refractivity contribution is -0.136. The number of fused-ring (bicyclic) bond motifs is 1. The van der Waals surface area contributed by atoms with Crippen molar-refractivity contribution in [1.29, 1.82) is 0 Å². The van der Waals surface area contributed by atoms with Gasteiger partial charge in [-0.25, -0.2) is 9.37 Å². The van der Waals surface area contributed by atoms with Crippen molar-refractivity contribution in [3.05, 3.63) is 63.1 Å². The predicted molar refractivity (Wildman–Crippen MR) is 105 cm³/mol. The second-order valence-corrected chi connectivity index (χ2v) is 7.54. The number of nitrogens with one attached hydrogen (secondary N) is 1. The van der Waals surface area contributed by atoms with E-state index in [4.69, 9.17) is 4.74 Å². The number of nitrogens with zero attached hydrogens (tertiary/aromatic N) is 3. The molecule has 1 saturated heterocycles. The highest BCUT2D eigenvalue weighted by Gasteiger charge is 2.33. The minimum atomic E-state index is -0.409. The van der Waals surface area contributed by atoms with Gasteiger partial charge in [-0.15, -0.1) is 0 Å². The van der Waals surface area contributed by atoms with Crippen LogP contribution in [0.15, 0.2) is 29.1 Å². The molecule has 0 bridgehead atoms. The molecule has 158 valence electrons. The van der Waals surface area contributed by atoms with Crippen molar-refractivity contribution in [3.8, 4) is 0 Å². The summed E-state index contributed by atoms with van der Waals surface area (Å²) in [6.45, 7) is 1.15. The van der Waals surface area contributed by atoms with Crippen LogP contribution >= 0.6 is 0 Å². The smallest absolute Gasteiger partial charge is 0.256 e. The van der Waals surface area contributed by atoms with E-state index >= 15 is 0 Å². The largest absolute Gasteiger partial charge is 0.375 e. The van der Waals surface area contributed by atoms with Crippen molar-refractivity contribution in [2.75, 3.05) is 26.8 Å². The van der Waals surface area contributed by atoms with E-state index < -0.39 is 5.82 Å². The fourth-order valence-corrected chi connectivity index (χ4v) is 4.11. The van der Waals surface area contributed by atoms with Gasteiger partial charge in [0.2, 0.25) is 5.91 Å². The molecule has 2 aliphatic rings. The Hall–Kier alpha value is -3.07. The minimum Gasteiger partial charge on any atom is -0.375 e. The number of hydrogen-bond acceptors (Lipinski definition) is 5. The van der Waals surface area contributed by atoms with Crippen LogP contribution in [0.1, 0.15) is 46.3 Å². The molecule has 0 saturated carbocycles. The monoisotopic (exact) mass is 414 g/mol. The number of aromatic nitrogens is 2. The number of amides is 2. The molecule has 2 aromatic rings. The predicted octanol–water partition coefficient (Wildman–Crippen LogP) is 1.42. The van der Waals surface area contributed by atoms with Gasteiger partial charge in [-0.2, -0.15) is 0 Å². The number of carbonyl (C=O) groups is 2. The number of halogens is 1. The van der Waals surface area contributed by atoms with Gasteiger partial charge in [-0.3, -0.25) is 14.4 Å². The average molecular weight is 414 g/mol. The van der Waals surface area contributed by atoms with Crippen LogP contribution in [0.25, 0.3) is 0 Å². The van der Waals surface area contributed by atoms with Gasteiger partial charge < -0.3 is 19.5 Å². The summed E-state index contributed by atoms with van der Waals surface area (Å²) in [4.78, 5) is 48.5. The van der Waals surface area contributed by atoms with E-state index in [1.54, 1.807) is 9.80 Å². The van der Waals surface area contributed by atoms with Crippen molar-refractivity contribution in [3.63, 3.8) is 0 Å². The van der Waals surface area contributed by atoms with Crippen molar-refractivity contribution in [1.82, 2.24) is 19.8 Å². The second kappa shape index (κ2) is 8.35. The van der Waals surface area contributed by atoms with E-state index in [0.29, 0.717) is 42.2 Å². The number of rotatable bonds is 4. The van der Waals surface area contributed by atoms with Gasteiger partial charge in [0.1, 0.15) is 18.2 Å². The highest BCUT2D eigenvalue weighted by molar-refractivity contribution is 5.94. The zero-order chi connectivity index (χ0) is 21.3. The number of methoxy groups -OCH3 is 1. The second-order valence-electron chi connectivity index (χ2n) is 7.54. The normalized spacial score (nSPS) is 18.4. The zero-order valence-corrected chi connectivity index (χ0v) is 16.7. The summed E-state index contributed by atoms with van der Waals surface area (Å²) in [5.74, 6) is -0.305. The fourth-order valence-electron chi connectivity index (χ4n) is 4.11. The third-order valence-corrected chi connectivity index (χ3v) is 5.62. The Labute approximate surface area is 172 Å². The van der Waals surface area contributed by atoms with Gasteiger partial charge in [-0.1, -0.05) is 0 Å². The molecule has 1 N–H and O–H groups in total. The summed E-state index contributed by atoms with van der Waals surface area (Å²) in [6, 6.07) is 5.08. The number of likely N-dealkylation sites (tertiary alicyclic amines) is 1. The quantitative estimate of drug-likeness (QED) is 0.816. The Kier molecular flexibility index (Phi) is 5.63. The van der Waals surface area contributed by atoms with Gasteiger partial charge in [0.15, 0.2) is 0 Å². The number of H-pyrrole nitrogens is 1. The molecule has 1 atom stereocenters. The lowest BCUT2D eigenvalue weighted by Gasteiger charge is -2.29. The van der Waals surface area contributed by atoms with Crippen LogP contribution in [0.5, 0.6) is 0 Å². The molecule has 1 aromatic carbocycles. The van der Waals surface area contributed by atoms with Crippen LogP contribution in [0.4, 0.5) is 4.39 Å². The molecule has 1 fully saturated rings. The first-order valence-electron chi connectivity index (χ1n) is 9.93. The van der Waals surface area contributed by atoms with Gasteiger partial charge >= 0.3 is 0 Å². The SMILES string of the molecule is COCC(=O)N1CCC[C@H]1c1nc2c(c(=O)[nH]1)CN(C(=O)c1ccc(F)cc1)CC2. The number of carbonyl (C=O) groups excluding carboxylic acids is 2.